The van der Waals surface area contributed by atoms with E-state index >= 15 is 0 Å². The van der Waals surface area contributed by atoms with Gasteiger partial charge >= 0.3 is 0 Å². The molecule has 3 heteroatoms. The fourth-order valence-corrected chi connectivity index (χ4v) is 0.422. The third kappa shape index (κ3) is 2.46. The van der Waals surface area contributed by atoms with Crippen LogP contribution in [0.3, 0.4) is 0 Å². The van der Waals surface area contributed by atoms with Gasteiger partial charge in [0.1, 0.15) is 5.11 Å². The first-order valence-corrected chi connectivity index (χ1v) is 2.94. The first-order valence-electron chi connectivity index (χ1n) is 2.53. The van der Waals surface area contributed by atoms with Crippen LogP contribution in [-0.4, -0.2) is 29.0 Å². The van der Waals surface area contributed by atoms with Gasteiger partial charge in [-0.25, -0.2) is 0 Å². The Balaban J connectivity index is 3.87. The maximum absolute atomic E-state index is 4.92. The van der Waals surface area contributed by atoms with Crippen molar-refractivity contribution in [1.29, 1.82) is 0 Å². The van der Waals surface area contributed by atoms with Crippen LogP contribution in [0, 0.1) is 7.05 Å². The molecule has 0 heterocycles. The molecule has 0 saturated heterocycles. The van der Waals surface area contributed by atoms with Gasteiger partial charge in [-0.1, -0.05) is 6.58 Å². The summed E-state index contributed by atoms with van der Waals surface area (Å²) in [5, 5.41) is 0.657. The van der Waals surface area contributed by atoms with Crippen molar-refractivity contribution in [2.45, 2.75) is 0 Å². The molecule has 0 bridgehead atoms. The Kier molecular flexibility index (Phi) is 3.24. The number of thiocarbonyl (C=S) groups is 1. The molecule has 0 rings (SSSR count). The summed E-state index contributed by atoms with van der Waals surface area (Å²) >= 11 is 4.92. The average Bonchev–Trinajstić information content (AvgIpc) is 1.84. The Morgan fingerprint density at radius 3 is 2.22 bits per heavy atom. The molecule has 0 aliphatic rings. The second kappa shape index (κ2) is 3.45. The zero-order chi connectivity index (χ0) is 7.44. The molecular weight excluding hydrogens is 132 g/mol. The minimum absolute atomic E-state index is 0.657. The molecule has 0 aromatic carbocycles. The van der Waals surface area contributed by atoms with Gasteiger partial charge in [0.05, 0.1) is 0 Å². The van der Waals surface area contributed by atoms with Gasteiger partial charge in [-0.3, -0.25) is 7.05 Å². The van der Waals surface area contributed by atoms with Crippen LogP contribution in [0.5, 0.6) is 0 Å². The lowest BCUT2D eigenvalue weighted by molar-refractivity contribution is 0.561. The average molecular weight is 143 g/mol. The van der Waals surface area contributed by atoms with E-state index in [-0.39, 0.29) is 0 Å². The summed E-state index contributed by atoms with van der Waals surface area (Å²) in [4.78, 5) is 3.33. The van der Waals surface area contributed by atoms with E-state index in [9.17, 15) is 0 Å². The van der Waals surface area contributed by atoms with Crippen LogP contribution in [0.2, 0.25) is 0 Å². The molecule has 0 aliphatic heterocycles. The highest BCUT2D eigenvalue weighted by molar-refractivity contribution is 7.80. The highest BCUT2D eigenvalue weighted by Gasteiger charge is 1.94. The molecule has 0 saturated carbocycles. The summed E-state index contributed by atoms with van der Waals surface area (Å²) in [6.45, 7) is 3.55. The topological polar surface area (TPSA) is 6.48 Å². The molecule has 0 unspecified atom stereocenters. The van der Waals surface area contributed by atoms with Crippen LogP contribution in [0.15, 0.2) is 12.8 Å². The largest absolute Gasteiger partial charge is 0.504 e. The van der Waals surface area contributed by atoms with Crippen molar-refractivity contribution in [2.24, 2.45) is 0 Å². The lowest BCUT2D eigenvalue weighted by atomic mass is 10.7. The van der Waals surface area contributed by atoms with Crippen LogP contribution in [-0.2, 0) is 0 Å². The zero-order valence-corrected chi connectivity index (χ0v) is 6.61. The zero-order valence-electron chi connectivity index (χ0n) is 5.79. The standard InChI is InChI=1S/C6H11N2S/c1-5-8(4)6(9)7(2)3/h5H,1-2H2,3-4H3/q-1. The number of rotatable bonds is 1. The molecule has 0 amide bonds. The van der Waals surface area contributed by atoms with E-state index in [0.29, 0.717) is 5.11 Å². The monoisotopic (exact) mass is 143 g/mol. The van der Waals surface area contributed by atoms with Crippen molar-refractivity contribution in [3.63, 3.8) is 0 Å². The van der Waals surface area contributed by atoms with Crippen LogP contribution < -0.4 is 0 Å². The third-order valence-electron chi connectivity index (χ3n) is 0.902. The molecular formula is C6H11N2S-. The summed E-state index contributed by atoms with van der Waals surface area (Å²) in [5.74, 6) is 0. The first-order chi connectivity index (χ1) is 4.09. The molecule has 52 valence electrons. The van der Waals surface area contributed by atoms with Crippen LogP contribution in [0.1, 0.15) is 0 Å². The Morgan fingerprint density at radius 2 is 2.11 bits per heavy atom. The predicted octanol–water partition coefficient (Wildman–Crippen LogP) is 1.07. The quantitative estimate of drug-likeness (QED) is 0.400. The fourth-order valence-electron chi connectivity index (χ4n) is 0.347. The van der Waals surface area contributed by atoms with E-state index in [1.165, 1.54) is 0 Å². The number of nitrogens with zero attached hydrogens (tertiary/aromatic N) is 2. The summed E-state index contributed by atoms with van der Waals surface area (Å²) in [7, 11) is 7.23. The van der Waals surface area contributed by atoms with Crippen molar-refractivity contribution in [2.75, 3.05) is 14.1 Å². The second-order valence-electron chi connectivity index (χ2n) is 1.77. The smallest absolute Gasteiger partial charge is 0.145 e. The third-order valence-corrected chi connectivity index (χ3v) is 1.50. The van der Waals surface area contributed by atoms with Gasteiger partial charge < -0.3 is 9.80 Å². The second-order valence-corrected chi connectivity index (χ2v) is 2.14. The van der Waals surface area contributed by atoms with E-state index in [0.717, 1.165) is 0 Å². The lowest BCUT2D eigenvalue weighted by Gasteiger charge is -2.27. The van der Waals surface area contributed by atoms with Crippen molar-refractivity contribution in [1.82, 2.24) is 9.80 Å². The van der Waals surface area contributed by atoms with Crippen LogP contribution in [0.25, 0.3) is 0 Å². The van der Waals surface area contributed by atoms with Gasteiger partial charge in [-0.2, -0.15) is 0 Å². The molecule has 0 atom stereocenters. The maximum atomic E-state index is 4.92. The number of hydrogen-bond donors (Lipinski definition) is 0. The molecule has 0 N–H and O–H groups in total. The van der Waals surface area contributed by atoms with Crippen LogP contribution >= 0.6 is 12.2 Å². The van der Waals surface area contributed by atoms with Crippen molar-refractivity contribution >= 4 is 17.3 Å². The fraction of sp³-hybridized carbons (Fsp3) is 0.333. The highest BCUT2D eigenvalue weighted by Crippen LogP contribution is 1.91. The van der Waals surface area contributed by atoms with Gasteiger partial charge in [-0.15, -0.1) is 0 Å². The molecule has 0 spiro atoms. The van der Waals surface area contributed by atoms with Crippen LogP contribution in [0.4, 0.5) is 0 Å². The molecule has 0 aromatic rings. The minimum Gasteiger partial charge on any atom is -0.504 e. The van der Waals surface area contributed by atoms with Gasteiger partial charge in [0.25, 0.3) is 0 Å². The molecule has 0 fully saturated rings. The first kappa shape index (κ1) is 8.43. The Hall–Kier alpha value is -0.570. The Labute approximate surface area is 61.8 Å². The van der Waals surface area contributed by atoms with Gasteiger partial charge in [-0.05, 0) is 25.5 Å². The SMILES string of the molecule is C=CN(C)C(=S)N([CH2-])C. The van der Waals surface area contributed by atoms with Crippen molar-refractivity contribution < 1.29 is 0 Å². The van der Waals surface area contributed by atoms with E-state index in [1.54, 1.807) is 23.0 Å². The van der Waals surface area contributed by atoms with E-state index in [4.69, 9.17) is 12.2 Å². The Bertz CT molecular complexity index is 120. The lowest BCUT2D eigenvalue weighted by Crippen LogP contribution is -2.30. The molecule has 0 radical (unpaired) electrons. The van der Waals surface area contributed by atoms with Gasteiger partial charge in [0, 0.05) is 7.05 Å². The normalized spacial score (nSPS) is 8.33. The van der Waals surface area contributed by atoms with E-state index in [1.807, 2.05) is 7.05 Å². The van der Waals surface area contributed by atoms with Gasteiger partial charge in [0.15, 0.2) is 0 Å². The summed E-state index contributed by atoms with van der Waals surface area (Å²) in [5.41, 5.74) is 0. The molecule has 0 aromatic heterocycles. The molecule has 0 aliphatic carbocycles. The maximum Gasteiger partial charge on any atom is 0.145 e. The summed E-state index contributed by atoms with van der Waals surface area (Å²) in [6.07, 6.45) is 1.64. The van der Waals surface area contributed by atoms with Crippen molar-refractivity contribution in [3.8, 4) is 0 Å². The number of hydrogen-bond acceptors (Lipinski definition) is 1. The molecule has 9 heavy (non-hydrogen) atoms. The minimum atomic E-state index is 0.657. The molecule has 2 nitrogen and oxygen atoms in total. The van der Waals surface area contributed by atoms with Gasteiger partial charge in [0.2, 0.25) is 0 Å². The summed E-state index contributed by atoms with van der Waals surface area (Å²) in [6, 6.07) is 0. The highest BCUT2D eigenvalue weighted by atomic mass is 32.1. The van der Waals surface area contributed by atoms with E-state index in [2.05, 4.69) is 13.6 Å². The Morgan fingerprint density at radius 1 is 1.67 bits per heavy atom. The summed E-state index contributed by atoms with van der Waals surface area (Å²) < 4.78 is 0. The van der Waals surface area contributed by atoms with E-state index < -0.39 is 0 Å². The predicted molar refractivity (Wildman–Crippen MR) is 43.7 cm³/mol. The van der Waals surface area contributed by atoms with Crippen molar-refractivity contribution in [3.05, 3.63) is 19.8 Å².